The van der Waals surface area contributed by atoms with Crippen LogP contribution in [0.4, 0.5) is 11.6 Å². The highest BCUT2D eigenvalue weighted by Crippen LogP contribution is 2.40. The predicted molar refractivity (Wildman–Crippen MR) is 165 cm³/mol. The lowest BCUT2D eigenvalue weighted by atomic mass is 9.99. The highest BCUT2D eigenvalue weighted by molar-refractivity contribution is 14.1. The number of nitrogens with zero attached hydrogens (tertiary/aromatic N) is 5. The molecule has 1 aromatic heterocycles. The Morgan fingerprint density at radius 3 is 2.58 bits per heavy atom. The molecular formula is C30H37IN6O3. The minimum Gasteiger partial charge on any atom is -0.493 e. The molecule has 1 saturated heterocycles. The number of nitrogens with one attached hydrogen (secondary N) is 1. The van der Waals surface area contributed by atoms with Crippen LogP contribution < -0.4 is 19.7 Å². The SMILES string of the molecule is CCN1CCN(c2cccc3c2CN([C@H](CCCNc2nccc(I)n2)c2ccc(OC)c(OC)c2)C3=O)CC1. The van der Waals surface area contributed by atoms with E-state index in [-0.39, 0.29) is 11.9 Å². The van der Waals surface area contributed by atoms with Gasteiger partial charge in [-0.15, -0.1) is 0 Å². The Morgan fingerprint density at radius 2 is 1.85 bits per heavy atom. The third-order valence-corrected chi connectivity index (χ3v) is 8.46. The van der Waals surface area contributed by atoms with Gasteiger partial charge in [0.1, 0.15) is 3.70 Å². The van der Waals surface area contributed by atoms with E-state index < -0.39 is 0 Å². The van der Waals surface area contributed by atoms with E-state index in [1.165, 1.54) is 5.69 Å². The standard InChI is InChI=1S/C30H37IN6O3/c1-4-35-15-17-36(18-16-35)25-8-5-7-22-23(25)20-37(29(22)38)24(21-10-11-26(39-2)27(19-21)40-3)9-6-13-32-30-33-14-12-28(31)34-30/h5,7-8,10-12,14,19,24H,4,6,9,13,15-18,20H2,1-3H3,(H,32,33,34)/t24-/m1/s1. The summed E-state index contributed by atoms with van der Waals surface area (Å²) in [6.45, 7) is 8.62. The van der Waals surface area contributed by atoms with Crippen molar-refractivity contribution in [1.82, 2.24) is 19.8 Å². The zero-order chi connectivity index (χ0) is 28.1. The zero-order valence-electron chi connectivity index (χ0n) is 23.4. The molecule has 3 aromatic rings. The van der Waals surface area contributed by atoms with E-state index in [0.29, 0.717) is 30.5 Å². The van der Waals surface area contributed by atoms with Crippen molar-refractivity contribution in [2.75, 3.05) is 63.7 Å². The molecule has 2 aromatic carbocycles. The highest BCUT2D eigenvalue weighted by Gasteiger charge is 2.36. The van der Waals surface area contributed by atoms with Crippen LogP contribution in [-0.4, -0.2) is 79.2 Å². The molecule has 0 spiro atoms. The zero-order valence-corrected chi connectivity index (χ0v) is 25.6. The summed E-state index contributed by atoms with van der Waals surface area (Å²) in [5.74, 6) is 2.03. The average molecular weight is 657 g/mol. The number of piperazine rings is 1. The van der Waals surface area contributed by atoms with Crippen molar-refractivity contribution in [1.29, 1.82) is 0 Å². The van der Waals surface area contributed by atoms with Gasteiger partial charge in [-0.25, -0.2) is 9.97 Å². The maximum Gasteiger partial charge on any atom is 0.255 e. The lowest BCUT2D eigenvalue weighted by molar-refractivity contribution is 0.0690. The number of carbonyl (C=O) groups excluding carboxylic acids is 1. The number of benzene rings is 2. The fraction of sp³-hybridized carbons (Fsp3) is 0.433. The molecule has 5 rings (SSSR count). The third-order valence-electron chi connectivity index (χ3n) is 7.86. The summed E-state index contributed by atoms with van der Waals surface area (Å²) < 4.78 is 12.0. The summed E-state index contributed by atoms with van der Waals surface area (Å²) in [6, 6.07) is 13.9. The van der Waals surface area contributed by atoms with Gasteiger partial charge in [-0.05, 0) is 77.9 Å². The summed E-state index contributed by atoms with van der Waals surface area (Å²) in [4.78, 5) is 29.6. The molecule has 0 unspecified atom stereocenters. The lowest BCUT2D eigenvalue weighted by Crippen LogP contribution is -2.46. The summed E-state index contributed by atoms with van der Waals surface area (Å²) in [5, 5.41) is 3.33. The van der Waals surface area contributed by atoms with Gasteiger partial charge in [0.25, 0.3) is 5.91 Å². The molecule has 0 aliphatic carbocycles. The fourth-order valence-corrected chi connectivity index (χ4v) is 6.06. The molecule has 10 heteroatoms. The van der Waals surface area contributed by atoms with Crippen molar-refractivity contribution in [2.45, 2.75) is 32.4 Å². The summed E-state index contributed by atoms with van der Waals surface area (Å²) in [6.07, 6.45) is 3.36. The van der Waals surface area contributed by atoms with E-state index in [1.807, 2.05) is 41.3 Å². The van der Waals surface area contributed by atoms with Crippen LogP contribution in [0.2, 0.25) is 0 Å². The number of hydrogen-bond donors (Lipinski definition) is 1. The number of hydrogen-bond acceptors (Lipinski definition) is 8. The first-order valence-corrected chi connectivity index (χ1v) is 14.9. The molecule has 0 bridgehead atoms. The molecule has 1 N–H and O–H groups in total. The number of ether oxygens (including phenoxy) is 2. The highest BCUT2D eigenvalue weighted by atomic mass is 127. The van der Waals surface area contributed by atoms with Crippen LogP contribution in [0.1, 0.15) is 47.3 Å². The number of rotatable bonds is 11. The molecule has 0 radical (unpaired) electrons. The van der Waals surface area contributed by atoms with Gasteiger partial charge in [0, 0.05) is 62.3 Å². The number of fused-ring (bicyclic) bond motifs is 1. The Morgan fingerprint density at radius 1 is 1.05 bits per heavy atom. The molecule has 3 heterocycles. The smallest absolute Gasteiger partial charge is 0.255 e. The monoisotopic (exact) mass is 656 g/mol. The van der Waals surface area contributed by atoms with Crippen LogP contribution in [0.25, 0.3) is 0 Å². The number of methoxy groups -OCH3 is 2. The van der Waals surface area contributed by atoms with Crippen LogP contribution in [0.3, 0.4) is 0 Å². The molecule has 2 aliphatic rings. The topological polar surface area (TPSA) is 83.1 Å². The van der Waals surface area contributed by atoms with Gasteiger partial charge in [0.15, 0.2) is 11.5 Å². The molecule has 212 valence electrons. The first-order valence-electron chi connectivity index (χ1n) is 13.9. The van der Waals surface area contributed by atoms with E-state index in [2.05, 4.69) is 60.7 Å². The Bertz CT molecular complexity index is 1330. The van der Waals surface area contributed by atoms with Gasteiger partial charge in [-0.1, -0.05) is 19.1 Å². The third kappa shape index (κ3) is 6.12. The fourth-order valence-electron chi connectivity index (χ4n) is 5.67. The predicted octanol–water partition coefficient (Wildman–Crippen LogP) is 4.83. The number of aromatic nitrogens is 2. The van der Waals surface area contributed by atoms with Crippen molar-refractivity contribution in [3.05, 3.63) is 69.1 Å². The van der Waals surface area contributed by atoms with Crippen molar-refractivity contribution < 1.29 is 14.3 Å². The number of anilines is 2. The second-order valence-corrected chi connectivity index (χ2v) is 11.2. The van der Waals surface area contributed by atoms with Gasteiger partial charge in [0.2, 0.25) is 5.95 Å². The van der Waals surface area contributed by atoms with Crippen LogP contribution in [0.5, 0.6) is 11.5 Å². The van der Waals surface area contributed by atoms with Crippen LogP contribution >= 0.6 is 22.6 Å². The number of amides is 1. The van der Waals surface area contributed by atoms with E-state index in [4.69, 9.17) is 9.47 Å². The summed E-state index contributed by atoms with van der Waals surface area (Å²) >= 11 is 2.18. The molecule has 1 fully saturated rings. The quantitative estimate of drug-likeness (QED) is 0.179. The van der Waals surface area contributed by atoms with E-state index in [0.717, 1.165) is 66.0 Å². The van der Waals surface area contributed by atoms with Gasteiger partial charge in [-0.3, -0.25) is 4.79 Å². The van der Waals surface area contributed by atoms with Gasteiger partial charge < -0.3 is 29.5 Å². The summed E-state index contributed by atoms with van der Waals surface area (Å²) in [7, 11) is 3.28. The second-order valence-electron chi connectivity index (χ2n) is 10.1. The van der Waals surface area contributed by atoms with Crippen molar-refractivity contribution in [3.8, 4) is 11.5 Å². The number of likely N-dealkylation sites (N-methyl/N-ethyl adjacent to an activating group) is 1. The number of carbonyl (C=O) groups is 1. The van der Waals surface area contributed by atoms with Gasteiger partial charge in [0.05, 0.1) is 20.3 Å². The van der Waals surface area contributed by atoms with Crippen LogP contribution in [0, 0.1) is 3.70 Å². The Kier molecular flexibility index (Phi) is 9.25. The Labute approximate surface area is 250 Å². The lowest BCUT2D eigenvalue weighted by Gasteiger charge is -2.36. The Hall–Kier alpha value is -3.12. The first-order chi connectivity index (χ1) is 19.5. The van der Waals surface area contributed by atoms with E-state index in [9.17, 15) is 4.79 Å². The van der Waals surface area contributed by atoms with Crippen molar-refractivity contribution >= 4 is 40.1 Å². The van der Waals surface area contributed by atoms with Crippen LogP contribution in [-0.2, 0) is 6.54 Å². The normalized spacial score (nSPS) is 16.1. The molecule has 9 nitrogen and oxygen atoms in total. The second kappa shape index (κ2) is 13.0. The molecule has 2 aliphatic heterocycles. The van der Waals surface area contributed by atoms with Crippen LogP contribution in [0.15, 0.2) is 48.7 Å². The van der Waals surface area contributed by atoms with Gasteiger partial charge >= 0.3 is 0 Å². The molecule has 0 saturated carbocycles. The maximum atomic E-state index is 13.9. The van der Waals surface area contributed by atoms with E-state index in [1.54, 1.807) is 20.4 Å². The largest absolute Gasteiger partial charge is 0.493 e. The first kappa shape index (κ1) is 28.4. The molecule has 1 atom stereocenters. The maximum absolute atomic E-state index is 13.9. The van der Waals surface area contributed by atoms with Crippen molar-refractivity contribution in [3.63, 3.8) is 0 Å². The minimum atomic E-state index is -0.122. The summed E-state index contributed by atoms with van der Waals surface area (Å²) in [5.41, 5.74) is 4.16. The van der Waals surface area contributed by atoms with Crippen molar-refractivity contribution in [2.24, 2.45) is 0 Å². The van der Waals surface area contributed by atoms with E-state index >= 15 is 0 Å². The molecule has 40 heavy (non-hydrogen) atoms. The molecule has 1 amide bonds. The average Bonchev–Trinajstić information content (AvgIpc) is 3.33. The minimum absolute atomic E-state index is 0.0812. The number of halogens is 1. The van der Waals surface area contributed by atoms with Gasteiger partial charge in [-0.2, -0.15) is 0 Å². The molecular weight excluding hydrogens is 619 g/mol. The Balaban J connectivity index is 1.38.